The Morgan fingerprint density at radius 3 is 2.48 bits per heavy atom. The molecule has 0 bridgehead atoms. The van der Waals surface area contributed by atoms with Crippen LogP contribution >= 0.6 is 11.3 Å². The van der Waals surface area contributed by atoms with Crippen LogP contribution in [-0.2, 0) is 6.42 Å². The monoisotopic (exact) mass is 304 g/mol. The summed E-state index contributed by atoms with van der Waals surface area (Å²) in [5.74, 6) is 0.878. The number of hydrogen-bond acceptors (Lipinski definition) is 4. The molecule has 2 N–H and O–H groups in total. The highest BCUT2D eigenvalue weighted by molar-refractivity contribution is 7.09. The highest BCUT2D eigenvalue weighted by atomic mass is 32.1. The quantitative estimate of drug-likeness (QED) is 0.853. The van der Waals surface area contributed by atoms with E-state index in [9.17, 15) is 0 Å². The second-order valence-electron chi connectivity index (χ2n) is 5.39. The van der Waals surface area contributed by atoms with E-state index >= 15 is 0 Å². The second-order valence-corrected chi connectivity index (χ2v) is 6.42. The van der Waals surface area contributed by atoms with Crippen molar-refractivity contribution in [2.75, 3.05) is 20.7 Å². The molecule has 21 heavy (non-hydrogen) atoms. The molecule has 1 aromatic carbocycles. The van der Waals surface area contributed by atoms with Crippen molar-refractivity contribution in [3.8, 4) is 5.75 Å². The number of rotatable bonds is 7. The van der Waals surface area contributed by atoms with E-state index in [0.717, 1.165) is 18.7 Å². The van der Waals surface area contributed by atoms with Gasteiger partial charge in [0.15, 0.2) is 0 Å². The van der Waals surface area contributed by atoms with Gasteiger partial charge in [-0.3, -0.25) is 4.90 Å². The van der Waals surface area contributed by atoms with Crippen LogP contribution in [0.5, 0.6) is 5.75 Å². The van der Waals surface area contributed by atoms with E-state index in [1.807, 2.05) is 23.5 Å². The van der Waals surface area contributed by atoms with E-state index in [0.29, 0.717) is 0 Å². The standard InChI is InChI=1S/C17H24N2OS/c1-13(18)17(14-6-8-15(20-3)9-7-14)19(2)11-10-16-5-4-12-21-16/h4-9,12-13,17H,10-11,18H2,1-3H3. The van der Waals surface area contributed by atoms with Crippen LogP contribution < -0.4 is 10.5 Å². The lowest BCUT2D eigenvalue weighted by Gasteiger charge is -2.31. The van der Waals surface area contributed by atoms with Gasteiger partial charge in [0.05, 0.1) is 7.11 Å². The van der Waals surface area contributed by atoms with Gasteiger partial charge < -0.3 is 10.5 Å². The number of hydrogen-bond donors (Lipinski definition) is 1. The molecular formula is C17H24N2OS. The van der Waals surface area contributed by atoms with Gasteiger partial charge in [-0.25, -0.2) is 0 Å². The Labute approximate surface area is 131 Å². The molecule has 2 rings (SSSR count). The predicted molar refractivity (Wildman–Crippen MR) is 90.0 cm³/mol. The van der Waals surface area contributed by atoms with Gasteiger partial charge in [0.2, 0.25) is 0 Å². The first-order valence-corrected chi connectivity index (χ1v) is 8.12. The molecule has 114 valence electrons. The van der Waals surface area contributed by atoms with Crippen LogP contribution in [0.3, 0.4) is 0 Å². The lowest BCUT2D eigenvalue weighted by molar-refractivity contribution is 0.222. The zero-order valence-electron chi connectivity index (χ0n) is 13.0. The first kappa shape index (κ1) is 16.0. The summed E-state index contributed by atoms with van der Waals surface area (Å²) in [5, 5.41) is 2.13. The Kier molecular flexibility index (Phi) is 5.79. The molecule has 1 heterocycles. The summed E-state index contributed by atoms with van der Waals surface area (Å²) in [4.78, 5) is 3.76. The van der Waals surface area contributed by atoms with Gasteiger partial charge in [-0.15, -0.1) is 11.3 Å². The maximum absolute atomic E-state index is 6.22. The van der Waals surface area contributed by atoms with Crippen molar-refractivity contribution < 1.29 is 4.74 Å². The van der Waals surface area contributed by atoms with Crippen molar-refractivity contribution in [2.24, 2.45) is 5.73 Å². The summed E-state index contributed by atoms with van der Waals surface area (Å²) in [6, 6.07) is 12.8. The Morgan fingerprint density at radius 2 is 1.95 bits per heavy atom. The van der Waals surface area contributed by atoms with Crippen molar-refractivity contribution in [3.05, 3.63) is 52.2 Å². The third-order valence-corrected chi connectivity index (χ3v) is 4.66. The maximum atomic E-state index is 6.22. The van der Waals surface area contributed by atoms with Crippen molar-refractivity contribution >= 4 is 11.3 Å². The summed E-state index contributed by atoms with van der Waals surface area (Å²) in [6.07, 6.45) is 1.06. The number of ether oxygens (including phenoxy) is 1. The fourth-order valence-electron chi connectivity index (χ4n) is 2.64. The fraction of sp³-hybridized carbons (Fsp3) is 0.412. The third-order valence-electron chi connectivity index (χ3n) is 3.72. The minimum Gasteiger partial charge on any atom is -0.497 e. The lowest BCUT2D eigenvalue weighted by Crippen LogP contribution is -2.38. The Bertz CT molecular complexity index is 522. The number of methoxy groups -OCH3 is 1. The summed E-state index contributed by atoms with van der Waals surface area (Å²) in [5.41, 5.74) is 7.45. The smallest absolute Gasteiger partial charge is 0.118 e. The first-order chi connectivity index (χ1) is 10.1. The van der Waals surface area contributed by atoms with Crippen LogP contribution in [0.25, 0.3) is 0 Å². The number of thiophene rings is 1. The molecule has 0 aliphatic rings. The number of likely N-dealkylation sites (N-methyl/N-ethyl adjacent to an activating group) is 1. The molecule has 3 nitrogen and oxygen atoms in total. The molecule has 0 saturated carbocycles. The van der Waals surface area contributed by atoms with E-state index in [1.54, 1.807) is 7.11 Å². The van der Waals surface area contributed by atoms with Crippen molar-refractivity contribution in [2.45, 2.75) is 25.4 Å². The summed E-state index contributed by atoms with van der Waals surface area (Å²) in [7, 11) is 3.83. The molecule has 0 aliphatic heterocycles. The van der Waals surface area contributed by atoms with Gasteiger partial charge in [0.1, 0.15) is 5.75 Å². The van der Waals surface area contributed by atoms with Gasteiger partial charge in [-0.1, -0.05) is 18.2 Å². The van der Waals surface area contributed by atoms with Crippen LogP contribution in [0.1, 0.15) is 23.4 Å². The molecule has 0 fully saturated rings. The minimum atomic E-state index is 0.0757. The average Bonchev–Trinajstić information content (AvgIpc) is 2.99. The zero-order valence-corrected chi connectivity index (χ0v) is 13.8. The van der Waals surface area contributed by atoms with Crippen LogP contribution in [-0.4, -0.2) is 31.6 Å². The molecular weight excluding hydrogens is 280 g/mol. The van der Waals surface area contributed by atoms with E-state index in [4.69, 9.17) is 10.5 Å². The summed E-state index contributed by atoms with van der Waals surface area (Å²) >= 11 is 1.81. The summed E-state index contributed by atoms with van der Waals surface area (Å²) < 4.78 is 5.22. The van der Waals surface area contributed by atoms with Gasteiger partial charge >= 0.3 is 0 Å². The molecule has 0 aliphatic carbocycles. The SMILES string of the molecule is COc1ccc(C(C(C)N)N(C)CCc2cccs2)cc1. The maximum Gasteiger partial charge on any atom is 0.118 e. The Morgan fingerprint density at radius 1 is 1.24 bits per heavy atom. The molecule has 1 aromatic heterocycles. The van der Waals surface area contributed by atoms with E-state index in [-0.39, 0.29) is 12.1 Å². The fourth-order valence-corrected chi connectivity index (χ4v) is 3.34. The third kappa shape index (κ3) is 4.30. The lowest BCUT2D eigenvalue weighted by atomic mass is 9.99. The topological polar surface area (TPSA) is 38.5 Å². The molecule has 0 radical (unpaired) electrons. The molecule has 0 amide bonds. The molecule has 4 heteroatoms. The van der Waals surface area contributed by atoms with E-state index in [1.165, 1.54) is 10.4 Å². The molecule has 2 aromatic rings. The average molecular weight is 304 g/mol. The van der Waals surface area contributed by atoms with E-state index in [2.05, 4.69) is 48.5 Å². The second kappa shape index (κ2) is 7.59. The molecule has 0 saturated heterocycles. The van der Waals surface area contributed by atoms with Crippen LogP contribution in [0.4, 0.5) is 0 Å². The summed E-state index contributed by atoms with van der Waals surface area (Å²) in [6.45, 7) is 3.06. The highest BCUT2D eigenvalue weighted by Gasteiger charge is 2.21. The zero-order chi connectivity index (χ0) is 15.2. The van der Waals surface area contributed by atoms with Gasteiger partial charge in [-0.05, 0) is 49.5 Å². The Hall–Kier alpha value is -1.36. The number of benzene rings is 1. The normalized spacial score (nSPS) is 14.1. The van der Waals surface area contributed by atoms with Gasteiger partial charge in [0, 0.05) is 23.5 Å². The predicted octanol–water partition coefficient (Wildman–Crippen LogP) is 3.32. The molecule has 0 spiro atoms. The number of nitrogens with two attached hydrogens (primary N) is 1. The van der Waals surface area contributed by atoms with Crippen molar-refractivity contribution in [1.82, 2.24) is 4.90 Å². The van der Waals surface area contributed by atoms with Crippen molar-refractivity contribution in [1.29, 1.82) is 0 Å². The van der Waals surface area contributed by atoms with Crippen molar-refractivity contribution in [3.63, 3.8) is 0 Å². The van der Waals surface area contributed by atoms with Gasteiger partial charge in [-0.2, -0.15) is 0 Å². The minimum absolute atomic E-state index is 0.0757. The van der Waals surface area contributed by atoms with Crippen LogP contribution in [0, 0.1) is 0 Å². The molecule has 2 atom stereocenters. The highest BCUT2D eigenvalue weighted by Crippen LogP contribution is 2.25. The van der Waals surface area contributed by atoms with E-state index < -0.39 is 0 Å². The Balaban J connectivity index is 2.06. The van der Waals surface area contributed by atoms with Gasteiger partial charge in [0.25, 0.3) is 0 Å². The van der Waals surface area contributed by atoms with Crippen LogP contribution in [0.15, 0.2) is 41.8 Å². The largest absolute Gasteiger partial charge is 0.497 e. The van der Waals surface area contributed by atoms with Crippen LogP contribution in [0.2, 0.25) is 0 Å². The number of nitrogens with zero attached hydrogens (tertiary/aromatic N) is 1. The first-order valence-electron chi connectivity index (χ1n) is 7.24. The molecule has 2 unspecified atom stereocenters.